The summed E-state index contributed by atoms with van der Waals surface area (Å²) in [7, 11) is 1.47. The van der Waals surface area contributed by atoms with Crippen LogP contribution in [-0.2, 0) is 17.5 Å². The maximum Gasteiger partial charge on any atom is 0.416 e. The van der Waals surface area contributed by atoms with Crippen LogP contribution in [0.25, 0.3) is 0 Å². The Morgan fingerprint density at radius 2 is 1.81 bits per heavy atom. The molecule has 0 aliphatic rings. The number of nitrogens with one attached hydrogen (secondary N) is 2. The van der Waals surface area contributed by atoms with Gasteiger partial charge in [-0.1, -0.05) is 12.1 Å². The minimum atomic E-state index is -4.41. The van der Waals surface area contributed by atoms with Gasteiger partial charge >= 0.3 is 12.4 Å². The topological polar surface area (TPSA) is 45.7 Å². The summed E-state index contributed by atoms with van der Waals surface area (Å²) in [5, 5.41) is 5.67. The number of ether oxygens (including phenoxy) is 1. The second-order valence-corrected chi connectivity index (χ2v) is 5.07. The van der Waals surface area contributed by atoms with E-state index < -0.39 is 24.5 Å². The summed E-state index contributed by atoms with van der Waals surface area (Å²) in [4.78, 5) is 3.88. The van der Waals surface area contributed by atoms with Crippen LogP contribution < -0.4 is 10.6 Å². The first-order chi connectivity index (χ1) is 11.6. The van der Waals surface area contributed by atoms with Gasteiger partial charge in [0.25, 0.3) is 0 Å². The lowest BCUT2D eigenvalue weighted by molar-refractivity contribution is -0.173. The van der Waals surface area contributed by atoms with Crippen molar-refractivity contribution < 1.29 is 31.1 Å². The predicted octanol–water partition coefficient (Wildman–Crippen LogP) is 3.96. The van der Waals surface area contributed by atoms with Crippen LogP contribution in [0.2, 0.25) is 0 Å². The molecule has 2 N–H and O–H groups in total. The van der Waals surface area contributed by atoms with E-state index in [0.29, 0.717) is 24.5 Å². The lowest BCUT2D eigenvalue weighted by Crippen LogP contribution is -2.37. The van der Waals surface area contributed by atoms with E-state index in [0.717, 1.165) is 12.1 Å². The fourth-order valence-electron chi connectivity index (χ4n) is 1.83. The van der Waals surface area contributed by atoms with E-state index in [2.05, 4.69) is 20.4 Å². The molecule has 0 aliphatic carbocycles. The average Bonchev–Trinajstić information content (AvgIpc) is 2.52. The number of hydrogen-bond acceptors (Lipinski definition) is 2. The number of benzene rings is 1. The largest absolute Gasteiger partial charge is 0.416 e. The molecule has 0 saturated carbocycles. The van der Waals surface area contributed by atoms with Gasteiger partial charge in [-0.3, -0.25) is 4.99 Å². The number of hydrogen-bond donors (Lipinski definition) is 2. The zero-order valence-electron chi connectivity index (χ0n) is 13.9. The van der Waals surface area contributed by atoms with Crippen LogP contribution in [0.5, 0.6) is 0 Å². The first-order valence-electron chi connectivity index (χ1n) is 7.37. The summed E-state index contributed by atoms with van der Waals surface area (Å²) >= 11 is 0. The molecule has 0 saturated heterocycles. The lowest BCUT2D eigenvalue weighted by atomic mass is 10.1. The molecule has 1 aromatic rings. The fourth-order valence-corrected chi connectivity index (χ4v) is 1.83. The zero-order valence-corrected chi connectivity index (χ0v) is 16.2. The van der Waals surface area contributed by atoms with Crippen LogP contribution in [0.15, 0.2) is 29.3 Å². The van der Waals surface area contributed by atoms with E-state index in [4.69, 9.17) is 0 Å². The van der Waals surface area contributed by atoms with Crippen molar-refractivity contribution in [3.05, 3.63) is 35.4 Å². The van der Waals surface area contributed by atoms with Crippen LogP contribution in [0.3, 0.4) is 0 Å². The SMILES string of the molecule is CN=C(NCCCOCC(F)(F)F)NCc1cccc(C(F)(F)F)c1.I. The molecule has 0 aromatic heterocycles. The van der Waals surface area contributed by atoms with Gasteiger partial charge in [0.2, 0.25) is 0 Å². The molecule has 0 unspecified atom stereocenters. The Kier molecular flexibility index (Phi) is 10.9. The number of nitrogens with zero attached hydrogens (tertiary/aromatic N) is 1. The third-order valence-corrected chi connectivity index (χ3v) is 2.96. The Labute approximate surface area is 164 Å². The number of aliphatic imine (C=N–C) groups is 1. The molecular formula is C15H20F6IN3O. The molecule has 0 amide bonds. The molecule has 11 heteroatoms. The van der Waals surface area contributed by atoms with E-state index >= 15 is 0 Å². The van der Waals surface area contributed by atoms with Gasteiger partial charge in [-0.05, 0) is 24.1 Å². The molecule has 1 rings (SSSR count). The normalized spacial score (nSPS) is 12.5. The van der Waals surface area contributed by atoms with Gasteiger partial charge in [0.1, 0.15) is 6.61 Å². The fraction of sp³-hybridized carbons (Fsp3) is 0.533. The third kappa shape index (κ3) is 10.7. The molecule has 0 bridgehead atoms. The van der Waals surface area contributed by atoms with Crippen molar-refractivity contribution in [2.45, 2.75) is 25.3 Å². The van der Waals surface area contributed by atoms with Crippen molar-refractivity contribution in [2.75, 3.05) is 26.8 Å². The number of halogens is 7. The van der Waals surface area contributed by atoms with Crippen molar-refractivity contribution in [3.8, 4) is 0 Å². The Hall–Kier alpha value is -1.24. The number of guanidine groups is 1. The van der Waals surface area contributed by atoms with Gasteiger partial charge < -0.3 is 15.4 Å². The van der Waals surface area contributed by atoms with Crippen molar-refractivity contribution in [3.63, 3.8) is 0 Å². The molecule has 0 aliphatic heterocycles. The van der Waals surface area contributed by atoms with Crippen LogP contribution >= 0.6 is 24.0 Å². The number of rotatable bonds is 7. The maximum atomic E-state index is 12.6. The van der Waals surface area contributed by atoms with E-state index in [-0.39, 0.29) is 37.1 Å². The van der Waals surface area contributed by atoms with Gasteiger partial charge in [0, 0.05) is 26.7 Å². The minimum Gasteiger partial charge on any atom is -0.372 e. The highest BCUT2D eigenvalue weighted by atomic mass is 127. The molecule has 0 atom stereocenters. The Morgan fingerprint density at radius 3 is 2.38 bits per heavy atom. The second kappa shape index (κ2) is 11.5. The van der Waals surface area contributed by atoms with Gasteiger partial charge in [-0.25, -0.2) is 0 Å². The monoisotopic (exact) mass is 499 g/mol. The first kappa shape index (κ1) is 24.8. The highest BCUT2D eigenvalue weighted by Crippen LogP contribution is 2.29. The van der Waals surface area contributed by atoms with Gasteiger partial charge in [-0.2, -0.15) is 26.3 Å². The van der Waals surface area contributed by atoms with Gasteiger partial charge in [-0.15, -0.1) is 24.0 Å². The van der Waals surface area contributed by atoms with Gasteiger partial charge in [0.05, 0.1) is 5.56 Å². The molecule has 1 aromatic carbocycles. The molecule has 0 fully saturated rings. The highest BCUT2D eigenvalue weighted by molar-refractivity contribution is 14.0. The van der Waals surface area contributed by atoms with Crippen molar-refractivity contribution in [1.82, 2.24) is 10.6 Å². The van der Waals surface area contributed by atoms with Crippen molar-refractivity contribution in [1.29, 1.82) is 0 Å². The minimum absolute atomic E-state index is 0. The van der Waals surface area contributed by atoms with Crippen LogP contribution in [0.4, 0.5) is 26.3 Å². The van der Waals surface area contributed by atoms with Crippen LogP contribution in [0.1, 0.15) is 17.5 Å². The Balaban J connectivity index is 0.00000625. The summed E-state index contributed by atoms with van der Waals surface area (Å²) in [6, 6.07) is 4.87. The van der Waals surface area contributed by atoms with Crippen LogP contribution in [-0.4, -0.2) is 38.9 Å². The summed E-state index contributed by atoms with van der Waals surface area (Å²) in [6.45, 7) is -0.944. The quantitative estimate of drug-likeness (QED) is 0.197. The lowest BCUT2D eigenvalue weighted by Gasteiger charge is -2.13. The standard InChI is InChI=1S/C15H19F6N3O.HI/c1-22-13(23-6-3-7-25-10-14(16,17)18)24-9-11-4-2-5-12(8-11)15(19,20)21;/h2,4-5,8H,3,6-7,9-10H2,1H3,(H2,22,23,24);1H. The summed E-state index contributed by atoms with van der Waals surface area (Å²) < 4.78 is 78.0. The van der Waals surface area contributed by atoms with E-state index in [1.165, 1.54) is 13.1 Å². The van der Waals surface area contributed by atoms with Crippen LogP contribution in [0, 0.1) is 0 Å². The molecule has 26 heavy (non-hydrogen) atoms. The number of alkyl halides is 6. The predicted molar refractivity (Wildman–Crippen MR) is 96.6 cm³/mol. The average molecular weight is 499 g/mol. The summed E-state index contributed by atoms with van der Waals surface area (Å²) in [6.07, 6.45) is -8.44. The van der Waals surface area contributed by atoms with E-state index in [9.17, 15) is 26.3 Å². The molecule has 0 heterocycles. The third-order valence-electron chi connectivity index (χ3n) is 2.96. The molecule has 0 spiro atoms. The van der Waals surface area contributed by atoms with Crippen molar-refractivity contribution in [2.24, 2.45) is 4.99 Å². The maximum absolute atomic E-state index is 12.6. The Bertz CT molecular complexity index is 563. The first-order valence-corrected chi connectivity index (χ1v) is 7.37. The highest BCUT2D eigenvalue weighted by Gasteiger charge is 2.30. The van der Waals surface area contributed by atoms with Crippen molar-refractivity contribution >= 4 is 29.9 Å². The molecule has 0 radical (unpaired) electrons. The van der Waals surface area contributed by atoms with E-state index in [1.54, 1.807) is 6.07 Å². The molecule has 150 valence electrons. The smallest absolute Gasteiger partial charge is 0.372 e. The molecular weight excluding hydrogens is 479 g/mol. The molecule has 4 nitrogen and oxygen atoms in total. The summed E-state index contributed by atoms with van der Waals surface area (Å²) in [5.41, 5.74) is -0.317. The van der Waals surface area contributed by atoms with Gasteiger partial charge in [0.15, 0.2) is 5.96 Å². The van der Waals surface area contributed by atoms with E-state index in [1.807, 2.05) is 0 Å². The summed E-state index contributed by atoms with van der Waals surface area (Å²) in [5.74, 6) is 0.327. The Morgan fingerprint density at radius 1 is 1.12 bits per heavy atom. The second-order valence-electron chi connectivity index (χ2n) is 5.07. The zero-order chi connectivity index (χ0) is 18.9.